The van der Waals surface area contributed by atoms with Gasteiger partial charge in [-0.25, -0.2) is 4.98 Å². The highest BCUT2D eigenvalue weighted by Crippen LogP contribution is 2.21. The minimum Gasteiger partial charge on any atom is -0.356 e. The van der Waals surface area contributed by atoms with Gasteiger partial charge in [-0.15, -0.1) is 0 Å². The molecule has 16 heavy (non-hydrogen) atoms. The Morgan fingerprint density at radius 3 is 2.75 bits per heavy atom. The van der Waals surface area contributed by atoms with Gasteiger partial charge in [0.05, 0.1) is 0 Å². The van der Waals surface area contributed by atoms with E-state index >= 15 is 0 Å². The lowest BCUT2D eigenvalue weighted by Gasteiger charge is -2.19. The number of nitrogens with zero attached hydrogens (tertiary/aromatic N) is 2. The fourth-order valence-electron chi connectivity index (χ4n) is 1.99. The van der Waals surface area contributed by atoms with Crippen LogP contribution in [0.25, 0.3) is 0 Å². The van der Waals surface area contributed by atoms with Crippen LogP contribution < -0.4 is 5.32 Å². The molecule has 1 aromatic heterocycles. The van der Waals surface area contributed by atoms with Gasteiger partial charge in [0.1, 0.15) is 0 Å². The van der Waals surface area contributed by atoms with E-state index in [4.69, 9.17) is 0 Å². The molecule has 3 heteroatoms. The van der Waals surface area contributed by atoms with E-state index in [2.05, 4.69) is 41.8 Å². The van der Waals surface area contributed by atoms with Gasteiger partial charge in [-0.3, -0.25) is 0 Å². The molecule has 0 spiro atoms. The highest BCUT2D eigenvalue weighted by atomic mass is 15.2. The summed E-state index contributed by atoms with van der Waals surface area (Å²) in [5.41, 5.74) is 0. The molecule has 92 valence electrons. The quantitative estimate of drug-likeness (QED) is 0.678. The monoisotopic (exact) mass is 223 g/mol. The number of hydrogen-bond acceptors (Lipinski definition) is 2. The molecule has 1 heterocycles. The molecule has 0 aromatic carbocycles. The molecule has 3 nitrogen and oxygen atoms in total. The number of hydrogen-bond donors (Lipinski definition) is 1. The second-order valence-electron chi connectivity index (χ2n) is 4.29. The van der Waals surface area contributed by atoms with Crippen LogP contribution in [0.1, 0.15) is 58.9 Å². The third-order valence-corrected chi connectivity index (χ3v) is 2.97. The van der Waals surface area contributed by atoms with Crippen molar-refractivity contribution in [3.8, 4) is 0 Å². The summed E-state index contributed by atoms with van der Waals surface area (Å²) in [7, 11) is 0. The Morgan fingerprint density at radius 1 is 1.31 bits per heavy atom. The topological polar surface area (TPSA) is 29.9 Å². The van der Waals surface area contributed by atoms with Crippen molar-refractivity contribution in [2.24, 2.45) is 0 Å². The smallest absolute Gasteiger partial charge is 0.203 e. The van der Waals surface area contributed by atoms with Gasteiger partial charge in [0.25, 0.3) is 0 Å². The number of rotatable bonds is 8. The van der Waals surface area contributed by atoms with Crippen LogP contribution in [-0.2, 0) is 0 Å². The van der Waals surface area contributed by atoms with Gasteiger partial charge in [-0.2, -0.15) is 0 Å². The van der Waals surface area contributed by atoms with E-state index in [9.17, 15) is 0 Å². The molecule has 1 N–H and O–H groups in total. The van der Waals surface area contributed by atoms with Crippen LogP contribution >= 0.6 is 0 Å². The first-order valence-corrected chi connectivity index (χ1v) is 6.60. The van der Waals surface area contributed by atoms with E-state index in [-0.39, 0.29) is 0 Å². The van der Waals surface area contributed by atoms with Gasteiger partial charge >= 0.3 is 0 Å². The van der Waals surface area contributed by atoms with Crippen LogP contribution in [-0.4, -0.2) is 16.1 Å². The van der Waals surface area contributed by atoms with Crippen molar-refractivity contribution in [1.82, 2.24) is 9.55 Å². The van der Waals surface area contributed by atoms with Crippen molar-refractivity contribution < 1.29 is 0 Å². The second-order valence-corrected chi connectivity index (χ2v) is 4.29. The first-order chi connectivity index (χ1) is 7.83. The van der Waals surface area contributed by atoms with Gasteiger partial charge < -0.3 is 9.88 Å². The summed E-state index contributed by atoms with van der Waals surface area (Å²) in [6.07, 6.45) is 10.1. The lowest BCUT2D eigenvalue weighted by Crippen LogP contribution is -2.13. The third kappa shape index (κ3) is 3.54. The normalized spacial score (nSPS) is 12.7. The molecule has 1 aromatic rings. The molecule has 0 saturated carbocycles. The van der Waals surface area contributed by atoms with E-state index < -0.39 is 0 Å². The standard InChI is InChI=1S/C13H25N3/c1-4-7-9-14-13-15-10-11-16(13)12(6-3)8-5-2/h10-12H,4-9H2,1-3H3,(H,14,15). The average molecular weight is 223 g/mol. The van der Waals surface area contributed by atoms with Crippen LogP contribution in [0.2, 0.25) is 0 Å². The number of imidazole rings is 1. The van der Waals surface area contributed by atoms with Crippen molar-refractivity contribution >= 4 is 5.95 Å². The number of unbranched alkanes of at least 4 members (excludes halogenated alkanes) is 1. The Kier molecular flexibility index (Phi) is 5.98. The Hall–Kier alpha value is -0.990. The van der Waals surface area contributed by atoms with Crippen LogP contribution in [0, 0.1) is 0 Å². The number of nitrogens with one attached hydrogen (secondary N) is 1. The zero-order chi connectivity index (χ0) is 11.8. The summed E-state index contributed by atoms with van der Waals surface area (Å²) >= 11 is 0. The molecular formula is C13H25N3. The Morgan fingerprint density at radius 2 is 2.12 bits per heavy atom. The fourth-order valence-corrected chi connectivity index (χ4v) is 1.99. The van der Waals surface area contributed by atoms with Crippen LogP contribution in [0.15, 0.2) is 12.4 Å². The lowest BCUT2D eigenvalue weighted by atomic mass is 10.1. The second kappa shape index (κ2) is 7.31. The summed E-state index contributed by atoms with van der Waals surface area (Å²) in [5.74, 6) is 1.04. The molecule has 1 unspecified atom stereocenters. The highest BCUT2D eigenvalue weighted by Gasteiger charge is 2.11. The zero-order valence-electron chi connectivity index (χ0n) is 10.9. The minimum atomic E-state index is 0.594. The first kappa shape index (κ1) is 13.1. The molecule has 0 amide bonds. The van der Waals surface area contributed by atoms with Gasteiger partial charge in [0.2, 0.25) is 5.95 Å². The van der Waals surface area contributed by atoms with Gasteiger partial charge in [0.15, 0.2) is 0 Å². The van der Waals surface area contributed by atoms with Crippen LogP contribution in [0.4, 0.5) is 5.95 Å². The Balaban J connectivity index is 2.60. The maximum Gasteiger partial charge on any atom is 0.203 e. The maximum absolute atomic E-state index is 4.39. The minimum absolute atomic E-state index is 0.594. The van der Waals surface area contributed by atoms with Crippen molar-refractivity contribution in [1.29, 1.82) is 0 Å². The number of aromatic nitrogens is 2. The summed E-state index contributed by atoms with van der Waals surface area (Å²) in [6.45, 7) is 7.72. The molecule has 0 aliphatic heterocycles. The van der Waals surface area contributed by atoms with E-state index in [1.807, 2.05) is 6.20 Å². The van der Waals surface area contributed by atoms with Crippen LogP contribution in [0.3, 0.4) is 0 Å². The van der Waals surface area contributed by atoms with Crippen LogP contribution in [0.5, 0.6) is 0 Å². The maximum atomic E-state index is 4.39. The van der Waals surface area contributed by atoms with E-state index in [1.165, 1.54) is 32.1 Å². The number of anilines is 1. The van der Waals surface area contributed by atoms with Crippen molar-refractivity contribution in [2.45, 2.75) is 58.9 Å². The molecule has 0 aliphatic rings. The molecule has 1 atom stereocenters. The fraction of sp³-hybridized carbons (Fsp3) is 0.769. The van der Waals surface area contributed by atoms with Gasteiger partial charge in [-0.05, 0) is 19.3 Å². The van der Waals surface area contributed by atoms with E-state index in [1.54, 1.807) is 0 Å². The molecule has 0 bridgehead atoms. The molecule has 1 rings (SSSR count). The van der Waals surface area contributed by atoms with E-state index in [0.717, 1.165) is 12.5 Å². The summed E-state index contributed by atoms with van der Waals surface area (Å²) in [4.78, 5) is 4.39. The van der Waals surface area contributed by atoms with Gasteiger partial charge in [-0.1, -0.05) is 33.6 Å². The van der Waals surface area contributed by atoms with Crippen molar-refractivity contribution in [2.75, 3.05) is 11.9 Å². The molecule has 0 fully saturated rings. The summed E-state index contributed by atoms with van der Waals surface area (Å²) < 4.78 is 2.29. The lowest BCUT2D eigenvalue weighted by molar-refractivity contribution is 0.451. The van der Waals surface area contributed by atoms with Crippen molar-refractivity contribution in [3.05, 3.63) is 12.4 Å². The summed E-state index contributed by atoms with van der Waals surface area (Å²) in [6, 6.07) is 0.594. The summed E-state index contributed by atoms with van der Waals surface area (Å²) in [5, 5.41) is 3.42. The predicted molar refractivity (Wildman–Crippen MR) is 69.9 cm³/mol. The Bertz CT molecular complexity index is 280. The molecule has 0 radical (unpaired) electrons. The molecular weight excluding hydrogens is 198 g/mol. The third-order valence-electron chi connectivity index (χ3n) is 2.97. The predicted octanol–water partition coefficient (Wildman–Crippen LogP) is 3.85. The first-order valence-electron chi connectivity index (χ1n) is 6.60. The van der Waals surface area contributed by atoms with Gasteiger partial charge in [0, 0.05) is 25.0 Å². The van der Waals surface area contributed by atoms with Crippen molar-refractivity contribution in [3.63, 3.8) is 0 Å². The SMILES string of the molecule is CCCCNc1nccn1C(CC)CCC. The average Bonchev–Trinajstić information content (AvgIpc) is 2.74. The Labute approximate surface area is 99.3 Å². The van der Waals surface area contributed by atoms with E-state index in [0.29, 0.717) is 6.04 Å². The molecule has 0 aliphatic carbocycles. The highest BCUT2D eigenvalue weighted by molar-refractivity contribution is 5.26. The zero-order valence-corrected chi connectivity index (χ0v) is 10.9. The molecule has 0 saturated heterocycles. The largest absolute Gasteiger partial charge is 0.356 e.